The van der Waals surface area contributed by atoms with Gasteiger partial charge < -0.3 is 5.32 Å². The van der Waals surface area contributed by atoms with Crippen molar-refractivity contribution in [2.24, 2.45) is 0 Å². The van der Waals surface area contributed by atoms with E-state index in [1.807, 2.05) is 0 Å². The Morgan fingerprint density at radius 2 is 2.04 bits per heavy atom. The second kappa shape index (κ2) is 6.94. The van der Waals surface area contributed by atoms with Crippen molar-refractivity contribution in [1.82, 2.24) is 20.2 Å². The van der Waals surface area contributed by atoms with E-state index in [0.717, 1.165) is 10.9 Å². The molecule has 1 aromatic heterocycles. The molecule has 0 aliphatic rings. The van der Waals surface area contributed by atoms with Gasteiger partial charge in [-0.25, -0.2) is 4.39 Å². The Morgan fingerprint density at radius 1 is 1.21 bits per heavy atom. The van der Waals surface area contributed by atoms with Crippen LogP contribution in [0.2, 0.25) is 10.0 Å². The topological polar surface area (TPSA) is 72.7 Å². The number of aromatic nitrogens is 4. The third-order valence-corrected chi connectivity index (χ3v) is 3.57. The number of tetrazole rings is 1. The zero-order chi connectivity index (χ0) is 17.1. The van der Waals surface area contributed by atoms with Crippen molar-refractivity contribution in [2.45, 2.75) is 6.54 Å². The highest BCUT2D eigenvalue weighted by atomic mass is 35.5. The van der Waals surface area contributed by atoms with E-state index in [0.29, 0.717) is 22.1 Å². The summed E-state index contributed by atoms with van der Waals surface area (Å²) in [6.45, 7) is -0.165. The number of rotatable bonds is 4. The van der Waals surface area contributed by atoms with Crippen LogP contribution < -0.4 is 5.32 Å². The quantitative estimate of drug-likeness (QED) is 0.768. The van der Waals surface area contributed by atoms with Gasteiger partial charge in [0.25, 0.3) is 0 Å². The van der Waals surface area contributed by atoms with Gasteiger partial charge in [0.1, 0.15) is 12.4 Å². The molecule has 9 heteroatoms. The maximum atomic E-state index is 13.0. The fourth-order valence-corrected chi connectivity index (χ4v) is 2.37. The summed E-state index contributed by atoms with van der Waals surface area (Å²) < 4.78 is 13.0. The molecular weight excluding hydrogens is 356 g/mol. The van der Waals surface area contributed by atoms with Gasteiger partial charge in [-0.15, -0.1) is 10.2 Å². The number of carbonyl (C=O) groups excluding carboxylic acids is 1. The van der Waals surface area contributed by atoms with Gasteiger partial charge in [-0.3, -0.25) is 4.79 Å². The van der Waals surface area contributed by atoms with Crippen LogP contribution in [-0.2, 0) is 11.3 Å². The average Bonchev–Trinajstić information content (AvgIpc) is 2.98. The van der Waals surface area contributed by atoms with Crippen molar-refractivity contribution in [3.8, 4) is 11.4 Å². The lowest BCUT2D eigenvalue weighted by Gasteiger charge is -2.06. The van der Waals surface area contributed by atoms with Crippen LogP contribution >= 0.6 is 23.2 Å². The Kier molecular flexibility index (Phi) is 4.73. The summed E-state index contributed by atoms with van der Waals surface area (Å²) >= 11 is 11.8. The molecule has 0 aliphatic heterocycles. The van der Waals surface area contributed by atoms with Crippen molar-refractivity contribution in [3.63, 3.8) is 0 Å². The van der Waals surface area contributed by atoms with E-state index in [2.05, 4.69) is 20.7 Å². The maximum absolute atomic E-state index is 13.0. The molecule has 1 heterocycles. The first-order valence-corrected chi connectivity index (χ1v) is 7.55. The van der Waals surface area contributed by atoms with E-state index in [1.165, 1.54) is 12.1 Å². The monoisotopic (exact) mass is 365 g/mol. The molecule has 0 atom stereocenters. The highest BCUT2D eigenvalue weighted by Gasteiger charge is 2.11. The first-order valence-electron chi connectivity index (χ1n) is 6.80. The summed E-state index contributed by atoms with van der Waals surface area (Å²) in [5, 5.41) is 15.0. The van der Waals surface area contributed by atoms with Crippen LogP contribution in [0.1, 0.15) is 0 Å². The van der Waals surface area contributed by atoms with Gasteiger partial charge in [-0.1, -0.05) is 35.3 Å². The molecule has 0 spiro atoms. The van der Waals surface area contributed by atoms with Gasteiger partial charge >= 0.3 is 0 Å². The lowest BCUT2D eigenvalue weighted by atomic mass is 10.2. The molecule has 1 N–H and O–H groups in total. The van der Waals surface area contributed by atoms with Crippen LogP contribution in [0.4, 0.5) is 10.1 Å². The van der Waals surface area contributed by atoms with Crippen molar-refractivity contribution in [3.05, 3.63) is 58.3 Å². The van der Waals surface area contributed by atoms with E-state index in [1.54, 1.807) is 24.3 Å². The van der Waals surface area contributed by atoms with Crippen molar-refractivity contribution in [1.29, 1.82) is 0 Å². The van der Waals surface area contributed by atoms with Crippen LogP contribution in [0, 0.1) is 5.82 Å². The molecule has 0 aliphatic carbocycles. The van der Waals surface area contributed by atoms with Gasteiger partial charge in [-0.05, 0) is 35.5 Å². The van der Waals surface area contributed by atoms with Crippen molar-refractivity contribution in [2.75, 3.05) is 5.32 Å². The van der Waals surface area contributed by atoms with Gasteiger partial charge in [0.05, 0.1) is 10.7 Å². The summed E-state index contributed by atoms with van der Waals surface area (Å²) in [6.07, 6.45) is 0. The van der Waals surface area contributed by atoms with Gasteiger partial charge in [-0.2, -0.15) is 4.80 Å². The minimum Gasteiger partial charge on any atom is -0.323 e. The molecule has 1 amide bonds. The fraction of sp³-hybridized carbons (Fsp3) is 0.0667. The largest absolute Gasteiger partial charge is 0.323 e. The molecule has 0 unspecified atom stereocenters. The van der Waals surface area contributed by atoms with Gasteiger partial charge in [0.15, 0.2) is 0 Å². The number of hydrogen-bond acceptors (Lipinski definition) is 4. The minimum absolute atomic E-state index is 0.106. The Labute approximate surface area is 146 Å². The van der Waals surface area contributed by atoms with Gasteiger partial charge in [0.2, 0.25) is 11.7 Å². The predicted molar refractivity (Wildman–Crippen MR) is 88.3 cm³/mol. The number of nitrogens with one attached hydrogen (secondary N) is 1. The smallest absolute Gasteiger partial charge is 0.248 e. The molecular formula is C15H10Cl2FN5O. The Bertz CT molecular complexity index is 899. The normalized spacial score (nSPS) is 10.6. The lowest BCUT2D eigenvalue weighted by Crippen LogP contribution is -2.20. The SMILES string of the molecule is O=C(Cn1nnc(-c2cccc(Cl)c2)n1)Nc1ccc(F)cc1Cl. The summed E-state index contributed by atoms with van der Waals surface area (Å²) in [5.74, 6) is -0.550. The molecule has 2 aromatic carbocycles. The van der Waals surface area contributed by atoms with Crippen LogP contribution in [0.15, 0.2) is 42.5 Å². The predicted octanol–water partition coefficient (Wildman–Crippen LogP) is 3.42. The standard InChI is InChI=1S/C15H10Cl2FN5O/c16-10-3-1-2-9(6-10)15-20-22-23(21-15)8-14(24)19-13-5-4-11(18)7-12(13)17/h1-7H,8H2,(H,19,24). The number of anilines is 1. The van der Waals surface area contributed by atoms with Crippen LogP contribution in [-0.4, -0.2) is 26.1 Å². The number of halogens is 3. The molecule has 3 rings (SSSR count). The van der Waals surface area contributed by atoms with Crippen molar-refractivity contribution < 1.29 is 9.18 Å². The van der Waals surface area contributed by atoms with E-state index in [-0.39, 0.29) is 11.6 Å². The number of benzene rings is 2. The fourth-order valence-electron chi connectivity index (χ4n) is 1.96. The second-order valence-corrected chi connectivity index (χ2v) is 5.67. The van der Waals surface area contributed by atoms with E-state index >= 15 is 0 Å². The first-order chi connectivity index (χ1) is 11.5. The molecule has 122 valence electrons. The molecule has 3 aromatic rings. The highest BCUT2D eigenvalue weighted by Crippen LogP contribution is 2.22. The number of amides is 1. The molecule has 0 radical (unpaired) electrons. The Morgan fingerprint density at radius 3 is 2.79 bits per heavy atom. The summed E-state index contributed by atoms with van der Waals surface area (Å²) in [4.78, 5) is 13.1. The van der Waals surface area contributed by atoms with Crippen LogP contribution in [0.3, 0.4) is 0 Å². The van der Waals surface area contributed by atoms with E-state index in [4.69, 9.17) is 23.2 Å². The number of carbonyl (C=O) groups is 1. The molecule has 6 nitrogen and oxygen atoms in total. The number of nitrogens with zero attached hydrogens (tertiary/aromatic N) is 4. The minimum atomic E-state index is -0.484. The van der Waals surface area contributed by atoms with E-state index in [9.17, 15) is 9.18 Å². The average molecular weight is 366 g/mol. The van der Waals surface area contributed by atoms with Gasteiger partial charge in [0, 0.05) is 10.6 Å². The molecule has 0 saturated carbocycles. The van der Waals surface area contributed by atoms with Crippen LogP contribution in [0.5, 0.6) is 0 Å². The van der Waals surface area contributed by atoms with E-state index < -0.39 is 11.7 Å². The summed E-state index contributed by atoms with van der Waals surface area (Å²) in [6, 6.07) is 10.7. The molecule has 24 heavy (non-hydrogen) atoms. The third-order valence-electron chi connectivity index (χ3n) is 3.03. The zero-order valence-electron chi connectivity index (χ0n) is 12.1. The van der Waals surface area contributed by atoms with Crippen LogP contribution in [0.25, 0.3) is 11.4 Å². The molecule has 0 saturated heterocycles. The maximum Gasteiger partial charge on any atom is 0.248 e. The molecule has 0 fully saturated rings. The molecule has 0 bridgehead atoms. The van der Waals surface area contributed by atoms with Crippen molar-refractivity contribution >= 4 is 34.8 Å². The summed E-state index contributed by atoms with van der Waals surface area (Å²) in [5.41, 5.74) is 0.994. The number of hydrogen-bond donors (Lipinski definition) is 1. The summed E-state index contributed by atoms with van der Waals surface area (Å²) in [7, 11) is 0. The highest BCUT2D eigenvalue weighted by molar-refractivity contribution is 6.33. The third kappa shape index (κ3) is 3.87. The lowest BCUT2D eigenvalue weighted by molar-refractivity contribution is -0.117. The second-order valence-electron chi connectivity index (χ2n) is 4.83. The first kappa shape index (κ1) is 16.4. The zero-order valence-corrected chi connectivity index (χ0v) is 13.6. The Balaban J connectivity index is 1.69. The Hall–Kier alpha value is -2.51.